The molecule has 6 nitrogen and oxygen atoms in total. The van der Waals surface area contributed by atoms with Gasteiger partial charge in [0.05, 0.1) is 0 Å². The van der Waals surface area contributed by atoms with Crippen molar-refractivity contribution in [2.24, 2.45) is 9.56 Å². The zero-order valence-corrected chi connectivity index (χ0v) is 16.9. The first kappa shape index (κ1) is 20.0. The zero-order valence-electron chi connectivity index (χ0n) is 11.9. The molecule has 0 N–H and O–H groups in total. The van der Waals surface area contributed by atoms with Crippen LogP contribution in [-0.2, 0) is 0 Å². The maximum atomic E-state index is 8.32. The largest absolute Gasteiger partial charge is 1.00 e. The summed E-state index contributed by atoms with van der Waals surface area (Å²) in [6.45, 7) is 2.20. The molecule has 1 atom stereocenters. The summed E-state index contributed by atoms with van der Waals surface area (Å²) in [5, 5.41) is 0. The predicted octanol–water partition coefficient (Wildman–Crippen LogP) is 0.0683. The Kier molecular flexibility index (Phi) is 19.7. The molecule has 0 rings (SSSR count). The number of rotatable bonds is 10. The van der Waals surface area contributed by atoms with Gasteiger partial charge in [-0.2, -0.15) is 0 Å². The maximum absolute atomic E-state index is 8.32. The van der Waals surface area contributed by atoms with Crippen molar-refractivity contribution in [1.82, 2.24) is 0 Å². The Hall–Kier alpha value is 0.690. The Morgan fingerprint density at radius 2 is 1.88 bits per heavy atom. The van der Waals surface area contributed by atoms with Crippen LogP contribution in [0.2, 0.25) is 11.6 Å². The van der Waals surface area contributed by atoms with Crippen LogP contribution in [0.1, 0.15) is 40.5 Å². The number of azide groups is 2. The third-order valence-corrected chi connectivity index (χ3v) is 6.41. The molecule has 9 heteroatoms. The van der Waals surface area contributed by atoms with Gasteiger partial charge in [-0.25, -0.2) is 0 Å². The van der Waals surface area contributed by atoms with Crippen molar-refractivity contribution in [1.29, 1.82) is 0 Å². The molecule has 0 fully saturated rings. The molecule has 0 aromatic rings. The molecule has 0 aromatic heterocycles. The molecule has 17 heavy (non-hydrogen) atoms. The average molecular weight is 297 g/mol. The minimum atomic E-state index is -0.677. The number of hydrogen-bond acceptors (Lipinski definition) is 2. The maximum Gasteiger partial charge on any atom is 1.00 e. The van der Waals surface area contributed by atoms with Gasteiger partial charge in [-0.05, 0) is 26.4 Å². The fourth-order valence-corrected chi connectivity index (χ4v) is 4.54. The normalized spacial score (nSPS) is 12.1. The van der Waals surface area contributed by atoms with Crippen molar-refractivity contribution in [3.05, 3.63) is 20.9 Å². The monoisotopic (exact) mass is 296 g/mol. The van der Waals surface area contributed by atoms with E-state index in [0.717, 1.165) is 12.5 Å². The molecular formula is C8H21KN6Si2. The van der Waals surface area contributed by atoms with Gasteiger partial charge >= 0.3 is 51.4 Å². The van der Waals surface area contributed by atoms with E-state index in [1.54, 1.807) is 0 Å². The van der Waals surface area contributed by atoms with Gasteiger partial charge < -0.3 is 1.43 Å². The fourth-order valence-electron chi connectivity index (χ4n) is 1.62. The van der Waals surface area contributed by atoms with Crippen molar-refractivity contribution < 1.29 is 52.8 Å². The smallest absolute Gasteiger partial charge is 1.00 e. The molecule has 0 aliphatic heterocycles. The average Bonchev–Trinajstić information content (AvgIpc) is 2.31. The Bertz CT molecular complexity index is 270. The van der Waals surface area contributed by atoms with Gasteiger partial charge in [-0.1, -0.05) is 45.1 Å². The topological polar surface area (TPSA) is 97.5 Å². The third kappa shape index (κ3) is 14.6. The first-order valence-corrected chi connectivity index (χ1v) is 8.95. The van der Waals surface area contributed by atoms with Crippen molar-refractivity contribution in [2.45, 2.75) is 50.6 Å². The Labute approximate surface area is 151 Å². The van der Waals surface area contributed by atoms with Crippen LogP contribution in [0.5, 0.6) is 0 Å². The van der Waals surface area contributed by atoms with Crippen molar-refractivity contribution in [3.8, 4) is 0 Å². The van der Waals surface area contributed by atoms with Crippen molar-refractivity contribution >= 4 is 19.4 Å². The van der Waals surface area contributed by atoms with Gasteiger partial charge in [0.2, 0.25) is 0 Å². The summed E-state index contributed by atoms with van der Waals surface area (Å²) >= 11 is 0. The number of hydrogen-bond donors (Lipinski definition) is 0. The Morgan fingerprint density at radius 1 is 1.18 bits per heavy atom. The minimum Gasteiger partial charge on any atom is -1.00 e. The zero-order chi connectivity index (χ0) is 12.1. The Morgan fingerprint density at radius 3 is 2.47 bits per heavy atom. The molecule has 0 aromatic carbocycles. The second kappa shape index (κ2) is 16.7. The van der Waals surface area contributed by atoms with Crippen LogP contribution in [-0.4, -0.2) is 19.4 Å². The molecule has 0 aliphatic carbocycles. The fraction of sp³-hybridized carbons (Fsp3) is 1.00. The predicted molar refractivity (Wildman–Crippen MR) is 73.8 cm³/mol. The van der Waals surface area contributed by atoms with E-state index < -0.39 is 19.4 Å². The molecule has 1 unspecified atom stereocenters. The first-order chi connectivity index (χ1) is 7.85. The van der Waals surface area contributed by atoms with E-state index >= 15 is 0 Å². The van der Waals surface area contributed by atoms with E-state index in [1.807, 2.05) is 0 Å². The van der Waals surface area contributed by atoms with Crippen LogP contribution >= 0.6 is 0 Å². The molecule has 0 amide bonds. The minimum absolute atomic E-state index is 0. The summed E-state index contributed by atoms with van der Waals surface area (Å²) in [7, 11) is -1.32. The van der Waals surface area contributed by atoms with Crippen LogP contribution < -0.4 is 51.4 Å². The van der Waals surface area contributed by atoms with Crippen molar-refractivity contribution in [2.75, 3.05) is 0 Å². The van der Waals surface area contributed by atoms with Crippen molar-refractivity contribution in [3.63, 3.8) is 0 Å². The van der Waals surface area contributed by atoms with E-state index in [1.165, 1.54) is 25.7 Å². The number of unbranched alkanes of at least 4 members (excludes halogenated alkanes) is 3. The van der Waals surface area contributed by atoms with Crippen LogP contribution in [0.4, 0.5) is 0 Å². The quantitative estimate of drug-likeness (QED) is 0.179. The molecule has 0 bridgehead atoms. The van der Waals surface area contributed by atoms with E-state index in [4.69, 9.17) is 11.1 Å². The molecule has 0 spiro atoms. The standard InChI is InChI=1S/C8H20N6Si2.K.H/c1-2-3-4-5-6-8(16-14-12-10)7-15-13-11-9;;/h8H,2-7,15-16H2,1H3;;/q;+1;-1. The van der Waals surface area contributed by atoms with Gasteiger partial charge in [0.15, 0.2) is 0 Å². The summed E-state index contributed by atoms with van der Waals surface area (Å²) in [4.78, 5) is 5.64. The SMILES string of the molecule is CCCCCCC(C[SiH2]N=[N+]=[N-])[SiH2]N=[N+]=[N-].[H-].[K+]. The van der Waals surface area contributed by atoms with Gasteiger partial charge in [0.1, 0.15) is 19.4 Å². The summed E-state index contributed by atoms with van der Waals surface area (Å²) < 4.78 is 7.43. The van der Waals surface area contributed by atoms with Crippen LogP contribution in [0, 0.1) is 0 Å². The van der Waals surface area contributed by atoms with Crippen LogP contribution in [0.15, 0.2) is 9.56 Å². The van der Waals surface area contributed by atoms with Gasteiger partial charge in [0.25, 0.3) is 0 Å². The summed E-state index contributed by atoms with van der Waals surface area (Å²) in [6.07, 6.45) is 6.16. The van der Waals surface area contributed by atoms with Crippen LogP contribution in [0.3, 0.4) is 0 Å². The Balaban J connectivity index is -0.00000112. The van der Waals surface area contributed by atoms with E-state index in [9.17, 15) is 0 Å². The van der Waals surface area contributed by atoms with Gasteiger partial charge in [0, 0.05) is 0 Å². The molecule has 0 radical (unpaired) electrons. The molecule has 0 saturated heterocycles. The summed E-state index contributed by atoms with van der Waals surface area (Å²) in [5.41, 5.74) is 17.1. The number of nitrogens with zero attached hydrogens (tertiary/aromatic N) is 6. The molecule has 0 aliphatic rings. The molecule has 92 valence electrons. The van der Waals surface area contributed by atoms with Gasteiger partial charge in [-0.3, -0.25) is 0 Å². The van der Waals surface area contributed by atoms with E-state index in [0.29, 0.717) is 5.54 Å². The first-order valence-electron chi connectivity index (χ1n) is 5.86. The summed E-state index contributed by atoms with van der Waals surface area (Å²) in [5.74, 6) is 0. The van der Waals surface area contributed by atoms with E-state index in [2.05, 4.69) is 26.3 Å². The molecular weight excluding hydrogens is 275 g/mol. The van der Waals surface area contributed by atoms with Crippen LogP contribution in [0.25, 0.3) is 20.9 Å². The second-order valence-electron chi connectivity index (χ2n) is 3.87. The molecule has 0 saturated carbocycles. The molecule has 0 heterocycles. The van der Waals surface area contributed by atoms with E-state index in [-0.39, 0.29) is 52.8 Å². The van der Waals surface area contributed by atoms with Gasteiger partial charge in [-0.15, -0.1) is 9.56 Å². The third-order valence-electron chi connectivity index (χ3n) is 2.57. The second-order valence-corrected chi connectivity index (χ2v) is 6.98. The summed E-state index contributed by atoms with van der Waals surface area (Å²) in [6, 6.07) is 1.02.